The summed E-state index contributed by atoms with van der Waals surface area (Å²) in [6, 6.07) is 11.2. The minimum absolute atomic E-state index is 0.164. The SMILES string of the molecule is CCN(CC)CC(=O)N1c2ccccc2CCc2ccc(C(F)(F)F)cc21.O=C(O)C(=O)O. The maximum Gasteiger partial charge on any atom is 0.416 e. The second-order valence-electron chi connectivity index (χ2n) is 7.27. The molecule has 0 saturated carbocycles. The van der Waals surface area contributed by atoms with Crippen LogP contribution in [0.2, 0.25) is 0 Å². The maximum atomic E-state index is 13.3. The quantitative estimate of drug-likeness (QED) is 0.662. The summed E-state index contributed by atoms with van der Waals surface area (Å²) in [5.74, 6) is -3.86. The van der Waals surface area contributed by atoms with Gasteiger partial charge in [0.25, 0.3) is 0 Å². The number of fused-ring (bicyclic) bond motifs is 2. The summed E-state index contributed by atoms with van der Waals surface area (Å²) in [5.41, 5.74) is 2.00. The van der Waals surface area contributed by atoms with Gasteiger partial charge in [-0.15, -0.1) is 0 Å². The van der Waals surface area contributed by atoms with Gasteiger partial charge in [-0.05, 0) is 55.3 Å². The van der Waals surface area contributed by atoms with E-state index in [0.717, 1.165) is 23.3 Å². The lowest BCUT2D eigenvalue weighted by Crippen LogP contribution is -2.38. The Hall–Kier alpha value is -3.40. The number of carbonyl (C=O) groups is 3. The van der Waals surface area contributed by atoms with Crippen molar-refractivity contribution < 1.29 is 37.8 Å². The van der Waals surface area contributed by atoms with Crippen molar-refractivity contribution in [2.75, 3.05) is 24.5 Å². The number of aryl methyl sites for hydroxylation is 2. The lowest BCUT2D eigenvalue weighted by atomic mass is 10.0. The first-order chi connectivity index (χ1) is 15.5. The van der Waals surface area contributed by atoms with Crippen LogP contribution in [0.1, 0.15) is 30.5 Å². The third-order valence-electron chi connectivity index (χ3n) is 5.24. The number of hydrogen-bond donors (Lipinski definition) is 2. The number of rotatable bonds is 4. The number of benzene rings is 2. The van der Waals surface area contributed by atoms with E-state index in [0.29, 0.717) is 37.3 Å². The van der Waals surface area contributed by atoms with Crippen LogP contribution in [0.3, 0.4) is 0 Å². The molecule has 0 unspecified atom stereocenters. The monoisotopic (exact) mass is 466 g/mol. The molecule has 178 valence electrons. The normalized spacial score (nSPS) is 12.7. The topological polar surface area (TPSA) is 98.2 Å². The van der Waals surface area contributed by atoms with Crippen LogP contribution in [0.25, 0.3) is 0 Å². The van der Waals surface area contributed by atoms with Crippen LogP contribution in [-0.2, 0) is 33.4 Å². The van der Waals surface area contributed by atoms with Gasteiger partial charge in [0.05, 0.1) is 23.5 Å². The Morgan fingerprint density at radius 3 is 1.97 bits per heavy atom. The van der Waals surface area contributed by atoms with Crippen molar-refractivity contribution in [1.29, 1.82) is 0 Å². The summed E-state index contributed by atoms with van der Waals surface area (Å²) in [7, 11) is 0. The van der Waals surface area contributed by atoms with Gasteiger partial charge in [0.2, 0.25) is 5.91 Å². The number of carboxylic acids is 2. The van der Waals surface area contributed by atoms with Gasteiger partial charge >= 0.3 is 18.1 Å². The summed E-state index contributed by atoms with van der Waals surface area (Å²) < 4.78 is 39.9. The maximum absolute atomic E-state index is 13.3. The fourth-order valence-corrected chi connectivity index (χ4v) is 3.48. The Balaban J connectivity index is 0.000000569. The van der Waals surface area contributed by atoms with Crippen molar-refractivity contribution in [3.63, 3.8) is 0 Å². The number of aliphatic carboxylic acids is 2. The zero-order chi connectivity index (χ0) is 24.8. The first kappa shape index (κ1) is 25.9. The number of amides is 1. The predicted molar refractivity (Wildman–Crippen MR) is 115 cm³/mol. The highest BCUT2D eigenvalue weighted by atomic mass is 19.4. The van der Waals surface area contributed by atoms with E-state index in [9.17, 15) is 18.0 Å². The van der Waals surface area contributed by atoms with Gasteiger partial charge in [-0.3, -0.25) is 14.6 Å². The average molecular weight is 466 g/mol. The molecule has 0 aromatic heterocycles. The summed E-state index contributed by atoms with van der Waals surface area (Å²) in [4.78, 5) is 34.8. The van der Waals surface area contributed by atoms with Gasteiger partial charge in [-0.1, -0.05) is 38.1 Å². The predicted octanol–water partition coefficient (Wildman–Crippen LogP) is 3.97. The molecule has 7 nitrogen and oxygen atoms in total. The van der Waals surface area contributed by atoms with Gasteiger partial charge in [0.15, 0.2) is 0 Å². The smallest absolute Gasteiger partial charge is 0.416 e. The summed E-state index contributed by atoms with van der Waals surface area (Å²) in [6.45, 7) is 5.49. The van der Waals surface area contributed by atoms with Crippen LogP contribution < -0.4 is 4.90 Å². The van der Waals surface area contributed by atoms with Crippen molar-refractivity contribution in [2.24, 2.45) is 0 Å². The average Bonchev–Trinajstić information content (AvgIpc) is 2.93. The first-order valence-electron chi connectivity index (χ1n) is 10.3. The zero-order valence-electron chi connectivity index (χ0n) is 18.2. The lowest BCUT2D eigenvalue weighted by molar-refractivity contribution is -0.159. The molecule has 0 spiro atoms. The molecule has 1 amide bonds. The fraction of sp³-hybridized carbons (Fsp3) is 0.348. The van der Waals surface area contributed by atoms with Crippen molar-refractivity contribution in [1.82, 2.24) is 4.90 Å². The molecule has 1 aliphatic rings. The van der Waals surface area contributed by atoms with Crippen LogP contribution in [-0.4, -0.2) is 52.6 Å². The number of carbonyl (C=O) groups excluding carboxylic acids is 1. The summed E-state index contributed by atoms with van der Waals surface area (Å²) >= 11 is 0. The Kier molecular flexibility index (Phi) is 8.58. The van der Waals surface area contributed by atoms with E-state index in [1.165, 1.54) is 11.0 Å². The van der Waals surface area contributed by atoms with Crippen molar-refractivity contribution >= 4 is 29.2 Å². The van der Waals surface area contributed by atoms with Gasteiger partial charge in [-0.25, -0.2) is 9.59 Å². The molecule has 3 rings (SSSR count). The molecular weight excluding hydrogens is 441 g/mol. The summed E-state index contributed by atoms with van der Waals surface area (Å²) in [5, 5.41) is 14.8. The number of nitrogens with zero attached hydrogens (tertiary/aromatic N) is 2. The van der Waals surface area contributed by atoms with E-state index >= 15 is 0 Å². The van der Waals surface area contributed by atoms with E-state index in [1.54, 1.807) is 0 Å². The molecule has 0 atom stereocenters. The largest absolute Gasteiger partial charge is 0.473 e. The van der Waals surface area contributed by atoms with E-state index < -0.39 is 23.7 Å². The van der Waals surface area contributed by atoms with E-state index in [2.05, 4.69) is 0 Å². The highest BCUT2D eigenvalue weighted by Crippen LogP contribution is 2.40. The first-order valence-corrected chi connectivity index (χ1v) is 10.3. The van der Waals surface area contributed by atoms with Gasteiger partial charge < -0.3 is 10.2 Å². The van der Waals surface area contributed by atoms with Gasteiger partial charge in [0, 0.05) is 0 Å². The number of para-hydroxylation sites is 1. The van der Waals surface area contributed by atoms with E-state index in [1.807, 2.05) is 43.0 Å². The highest BCUT2D eigenvalue weighted by molar-refractivity contribution is 6.27. The Morgan fingerprint density at radius 1 is 0.909 bits per heavy atom. The second kappa shape index (κ2) is 11.0. The van der Waals surface area contributed by atoms with E-state index in [-0.39, 0.29) is 12.5 Å². The lowest BCUT2D eigenvalue weighted by Gasteiger charge is -2.28. The molecule has 2 aromatic rings. The molecule has 0 radical (unpaired) electrons. The molecule has 1 aliphatic heterocycles. The minimum Gasteiger partial charge on any atom is -0.473 e. The van der Waals surface area contributed by atoms with Crippen molar-refractivity contribution in [2.45, 2.75) is 32.9 Å². The molecule has 0 saturated heterocycles. The van der Waals surface area contributed by atoms with E-state index in [4.69, 9.17) is 19.8 Å². The number of halogens is 3. The van der Waals surface area contributed by atoms with Crippen LogP contribution in [0.15, 0.2) is 42.5 Å². The molecule has 0 bridgehead atoms. The molecule has 0 aliphatic carbocycles. The Bertz CT molecular complexity index is 1010. The molecule has 33 heavy (non-hydrogen) atoms. The summed E-state index contributed by atoms with van der Waals surface area (Å²) in [6.07, 6.45) is -3.17. The highest BCUT2D eigenvalue weighted by Gasteiger charge is 2.34. The fourth-order valence-electron chi connectivity index (χ4n) is 3.48. The number of anilines is 2. The third kappa shape index (κ3) is 6.55. The van der Waals surface area contributed by atoms with Crippen LogP contribution in [0, 0.1) is 0 Å². The van der Waals surface area contributed by atoms with Crippen molar-refractivity contribution in [3.05, 3.63) is 59.2 Å². The molecule has 1 heterocycles. The minimum atomic E-state index is -4.45. The second-order valence-corrected chi connectivity index (χ2v) is 7.27. The molecular formula is C23H25F3N2O5. The standard InChI is InChI=1S/C21H23F3N2O.C2H2O4/c1-3-25(4-2)14-20(27)26-18-8-6-5-7-15(18)9-10-16-11-12-17(13-19(16)26)21(22,23)24;3-1(4)2(5)6/h5-8,11-13H,3-4,9-10,14H2,1-2H3;(H,3,4)(H,5,6). The zero-order valence-corrected chi connectivity index (χ0v) is 18.2. The van der Waals surface area contributed by atoms with Crippen LogP contribution in [0.4, 0.5) is 24.5 Å². The van der Waals surface area contributed by atoms with Crippen LogP contribution >= 0.6 is 0 Å². The van der Waals surface area contributed by atoms with Gasteiger partial charge in [-0.2, -0.15) is 13.2 Å². The number of hydrogen-bond acceptors (Lipinski definition) is 4. The number of alkyl halides is 3. The molecule has 2 N–H and O–H groups in total. The molecule has 10 heteroatoms. The molecule has 0 fully saturated rings. The van der Waals surface area contributed by atoms with Gasteiger partial charge in [0.1, 0.15) is 0 Å². The Morgan fingerprint density at radius 2 is 1.45 bits per heavy atom. The van der Waals surface area contributed by atoms with Crippen LogP contribution in [0.5, 0.6) is 0 Å². The molecule has 2 aromatic carbocycles. The third-order valence-corrected chi connectivity index (χ3v) is 5.24. The van der Waals surface area contributed by atoms with Crippen molar-refractivity contribution in [3.8, 4) is 0 Å². The Labute approximate surface area is 189 Å². The number of likely N-dealkylation sites (N-methyl/N-ethyl adjacent to an activating group) is 1. The number of carboxylic acid groups (broad SMARTS) is 2.